The number of nitrogens with one attached hydrogen (secondary N) is 1. The average molecular weight is 443 g/mol. The van der Waals surface area contributed by atoms with E-state index in [1.54, 1.807) is 10.7 Å². The second-order valence-corrected chi connectivity index (χ2v) is 10.2. The fraction of sp³-hybridized carbons (Fsp3) is 0.400. The molecule has 1 saturated heterocycles. The Morgan fingerprint density at radius 1 is 1.03 bits per heavy atom. The maximum atomic E-state index is 10.5. The number of nitrogens with zero attached hydrogens (tertiary/aromatic N) is 5. The molecule has 0 amide bonds. The Kier molecular flexibility index (Phi) is 3.75. The lowest BCUT2D eigenvalue weighted by Crippen LogP contribution is -2.79. The van der Waals surface area contributed by atoms with E-state index >= 15 is 0 Å². The summed E-state index contributed by atoms with van der Waals surface area (Å²) in [6.07, 6.45) is 5.74. The summed E-state index contributed by atoms with van der Waals surface area (Å²) in [5.41, 5.74) is 3.64. The topological polar surface area (TPSA) is 99.3 Å². The van der Waals surface area contributed by atoms with Crippen LogP contribution < -0.4 is 10.2 Å². The van der Waals surface area contributed by atoms with Crippen LogP contribution in [0.5, 0.6) is 5.75 Å². The van der Waals surface area contributed by atoms with Crippen molar-refractivity contribution in [1.82, 2.24) is 25.1 Å². The van der Waals surface area contributed by atoms with E-state index in [0.717, 1.165) is 66.5 Å². The highest BCUT2D eigenvalue weighted by molar-refractivity contribution is 5.88. The Morgan fingerprint density at radius 2 is 1.82 bits per heavy atom. The van der Waals surface area contributed by atoms with E-state index < -0.39 is 0 Å². The molecule has 0 spiro atoms. The molecule has 1 aliphatic heterocycles. The highest BCUT2D eigenvalue weighted by atomic mass is 16.3. The Bertz CT molecular complexity index is 1410. The van der Waals surface area contributed by atoms with Crippen LogP contribution >= 0.6 is 0 Å². The van der Waals surface area contributed by atoms with Gasteiger partial charge in [-0.05, 0) is 56.0 Å². The molecule has 3 aliphatic carbocycles. The normalized spacial score (nSPS) is 28.3. The lowest BCUT2D eigenvalue weighted by Gasteiger charge is -2.68. The van der Waals surface area contributed by atoms with Crippen molar-refractivity contribution in [1.29, 1.82) is 0 Å². The van der Waals surface area contributed by atoms with Crippen LogP contribution in [0.25, 0.3) is 33.2 Å². The van der Waals surface area contributed by atoms with Gasteiger partial charge in [-0.25, -0.2) is 9.97 Å². The molecule has 0 radical (unpaired) electrons. The highest BCUT2D eigenvalue weighted by Crippen LogP contribution is 2.60. The number of fused-ring (bicyclic) bond motifs is 2. The van der Waals surface area contributed by atoms with Gasteiger partial charge in [0, 0.05) is 54.9 Å². The van der Waals surface area contributed by atoms with Gasteiger partial charge in [0.1, 0.15) is 11.6 Å². The van der Waals surface area contributed by atoms with Crippen molar-refractivity contribution in [2.24, 2.45) is 7.05 Å². The maximum Gasteiger partial charge on any atom is 0.129 e. The van der Waals surface area contributed by atoms with Crippen LogP contribution in [-0.2, 0) is 7.05 Å². The molecule has 4 fully saturated rings. The fourth-order valence-electron chi connectivity index (χ4n) is 6.12. The number of anilines is 1. The van der Waals surface area contributed by atoms with Crippen LogP contribution in [-0.4, -0.2) is 60.2 Å². The molecule has 3 saturated carbocycles. The van der Waals surface area contributed by atoms with E-state index in [0.29, 0.717) is 17.3 Å². The summed E-state index contributed by atoms with van der Waals surface area (Å²) in [4.78, 5) is 12.0. The van der Waals surface area contributed by atoms with Crippen molar-refractivity contribution in [2.75, 3.05) is 18.0 Å². The first-order valence-electron chi connectivity index (χ1n) is 11.6. The monoisotopic (exact) mass is 442 g/mol. The summed E-state index contributed by atoms with van der Waals surface area (Å²) < 4.78 is 1.74. The van der Waals surface area contributed by atoms with Crippen LogP contribution in [0.1, 0.15) is 25.7 Å². The molecule has 1 aromatic carbocycles. The molecule has 3 N–H and O–H groups in total. The summed E-state index contributed by atoms with van der Waals surface area (Å²) in [6.45, 7) is 1.91. The van der Waals surface area contributed by atoms with Crippen molar-refractivity contribution in [3.05, 3.63) is 42.6 Å². The summed E-state index contributed by atoms with van der Waals surface area (Å²) in [6, 6.07) is 12.0. The molecule has 33 heavy (non-hydrogen) atoms. The first-order chi connectivity index (χ1) is 15.9. The molecule has 1 unspecified atom stereocenters. The molecule has 4 aliphatic rings. The lowest BCUT2D eigenvalue weighted by molar-refractivity contribution is -0.223. The van der Waals surface area contributed by atoms with Gasteiger partial charge in [-0.3, -0.25) is 4.68 Å². The zero-order valence-electron chi connectivity index (χ0n) is 18.5. The number of rotatable bonds is 4. The number of hydrogen-bond donors (Lipinski definition) is 3. The SMILES string of the molecule is Cn1cc2cc(-c3ccc4nc(N5CCC(NC67CC(O)(C6)C7)C5)ccc4n3)c(O)cc2n1. The zero-order valence-corrected chi connectivity index (χ0v) is 18.5. The minimum absolute atomic E-state index is 0.170. The smallest absolute Gasteiger partial charge is 0.129 e. The van der Waals surface area contributed by atoms with Gasteiger partial charge in [0.05, 0.1) is 27.8 Å². The molecule has 4 heterocycles. The summed E-state index contributed by atoms with van der Waals surface area (Å²) in [5, 5.41) is 29.7. The average Bonchev–Trinajstić information content (AvgIpc) is 3.36. The first-order valence-corrected chi connectivity index (χ1v) is 11.6. The van der Waals surface area contributed by atoms with Crippen LogP contribution in [0.2, 0.25) is 0 Å². The number of aryl methyl sites for hydroxylation is 1. The van der Waals surface area contributed by atoms with E-state index in [2.05, 4.69) is 15.3 Å². The van der Waals surface area contributed by atoms with Crippen molar-refractivity contribution in [2.45, 2.75) is 42.9 Å². The van der Waals surface area contributed by atoms with Gasteiger partial charge < -0.3 is 20.4 Å². The third-order valence-electron chi connectivity index (χ3n) is 7.56. The molecule has 1 atom stereocenters. The summed E-state index contributed by atoms with van der Waals surface area (Å²) in [7, 11) is 1.87. The highest BCUT2D eigenvalue weighted by Gasteiger charge is 2.67. The standard InChI is InChI=1S/C25H26N6O2/c1-30-10-15-8-17(22(32)9-21(15)29-30)18-2-3-20-19(26-18)4-5-23(27-20)31-7-6-16(11-31)28-24-12-25(33,13-24)14-24/h2-5,8-10,16,28,32-33H,6-7,11-14H2,1H3. The Morgan fingerprint density at radius 3 is 2.64 bits per heavy atom. The molecule has 2 bridgehead atoms. The van der Waals surface area contributed by atoms with E-state index in [1.807, 2.05) is 43.6 Å². The largest absolute Gasteiger partial charge is 0.507 e. The Hall–Kier alpha value is -3.23. The van der Waals surface area contributed by atoms with Gasteiger partial charge >= 0.3 is 0 Å². The molecule has 4 aromatic rings. The van der Waals surface area contributed by atoms with Gasteiger partial charge in [0.2, 0.25) is 0 Å². The number of pyridine rings is 2. The minimum atomic E-state index is -0.364. The van der Waals surface area contributed by atoms with Crippen LogP contribution in [0, 0.1) is 0 Å². The molecule has 8 rings (SSSR count). The number of aliphatic hydroxyl groups is 1. The Balaban J connectivity index is 1.13. The maximum absolute atomic E-state index is 10.5. The van der Waals surface area contributed by atoms with Crippen LogP contribution in [0.15, 0.2) is 42.6 Å². The van der Waals surface area contributed by atoms with Gasteiger partial charge in [-0.1, -0.05) is 0 Å². The molecular weight excluding hydrogens is 416 g/mol. The van der Waals surface area contributed by atoms with Crippen LogP contribution in [0.4, 0.5) is 5.82 Å². The van der Waals surface area contributed by atoms with Gasteiger partial charge in [-0.2, -0.15) is 5.10 Å². The number of aromatic hydroxyl groups is 1. The van der Waals surface area contributed by atoms with Gasteiger partial charge in [0.15, 0.2) is 0 Å². The Labute approximate surface area is 190 Å². The number of aromatic nitrogens is 4. The predicted octanol–water partition coefficient (Wildman–Crippen LogP) is 2.72. The molecular formula is C25H26N6O2. The van der Waals surface area contributed by atoms with Crippen LogP contribution in [0.3, 0.4) is 0 Å². The minimum Gasteiger partial charge on any atom is -0.507 e. The number of phenols is 1. The van der Waals surface area contributed by atoms with E-state index in [4.69, 9.17) is 9.97 Å². The zero-order chi connectivity index (χ0) is 22.4. The van der Waals surface area contributed by atoms with Crippen molar-refractivity contribution >= 4 is 27.8 Å². The predicted molar refractivity (Wildman–Crippen MR) is 126 cm³/mol. The second kappa shape index (κ2) is 6.42. The molecule has 8 heteroatoms. The summed E-state index contributed by atoms with van der Waals surface area (Å²) in [5.74, 6) is 1.14. The first kappa shape index (κ1) is 19.3. The fourth-order valence-corrected chi connectivity index (χ4v) is 6.12. The van der Waals surface area contributed by atoms with Crippen molar-refractivity contribution < 1.29 is 10.2 Å². The molecule has 3 aromatic heterocycles. The van der Waals surface area contributed by atoms with Gasteiger partial charge in [-0.15, -0.1) is 0 Å². The summed E-state index contributed by atoms with van der Waals surface area (Å²) >= 11 is 0. The third kappa shape index (κ3) is 3.01. The third-order valence-corrected chi connectivity index (χ3v) is 7.56. The quantitative estimate of drug-likeness (QED) is 0.447. The van der Waals surface area contributed by atoms with Gasteiger partial charge in [0.25, 0.3) is 0 Å². The second-order valence-electron chi connectivity index (χ2n) is 10.2. The number of phenolic OH excluding ortho intramolecular Hbond substituents is 1. The number of hydrogen-bond acceptors (Lipinski definition) is 7. The molecule has 8 nitrogen and oxygen atoms in total. The lowest BCUT2D eigenvalue weighted by atomic mass is 9.46. The van der Waals surface area contributed by atoms with Crippen molar-refractivity contribution in [3.63, 3.8) is 0 Å². The number of benzene rings is 1. The molecule has 168 valence electrons. The van der Waals surface area contributed by atoms with Crippen molar-refractivity contribution in [3.8, 4) is 17.0 Å². The van der Waals surface area contributed by atoms with E-state index in [9.17, 15) is 10.2 Å². The van der Waals surface area contributed by atoms with E-state index in [-0.39, 0.29) is 16.9 Å². The van der Waals surface area contributed by atoms with E-state index in [1.165, 1.54) is 0 Å².